The molecule has 0 aromatic carbocycles. The fourth-order valence-electron chi connectivity index (χ4n) is 3.17. The molecular formula is C10H24GaN5-2. The van der Waals surface area contributed by atoms with E-state index >= 15 is 0 Å². The molecule has 0 aromatic rings. The molecule has 0 atom stereocenters. The summed E-state index contributed by atoms with van der Waals surface area (Å²) >= 11 is -2.28. The maximum absolute atomic E-state index is 6.75. The van der Waals surface area contributed by atoms with Gasteiger partial charge in [0.1, 0.15) is 0 Å². The molecule has 5 nitrogen and oxygen atoms in total. The van der Waals surface area contributed by atoms with Crippen molar-refractivity contribution in [3.05, 3.63) is 16.0 Å². The van der Waals surface area contributed by atoms with Gasteiger partial charge in [-0.2, -0.15) is 0 Å². The second kappa shape index (κ2) is 5.47. The van der Waals surface area contributed by atoms with Crippen LogP contribution in [0.2, 0.25) is 7.94 Å². The van der Waals surface area contributed by atoms with E-state index in [9.17, 15) is 0 Å². The summed E-state index contributed by atoms with van der Waals surface area (Å²) in [5.41, 5.74) is 13.5. The zero-order valence-electron chi connectivity index (χ0n) is 11.3. The molecule has 0 bridgehead atoms. The van der Waals surface area contributed by atoms with E-state index < -0.39 is 15.5 Å². The van der Waals surface area contributed by atoms with Gasteiger partial charge in [0.2, 0.25) is 0 Å². The van der Waals surface area contributed by atoms with Crippen molar-refractivity contribution in [2.75, 3.05) is 13.1 Å². The third kappa shape index (κ3) is 3.18. The summed E-state index contributed by atoms with van der Waals surface area (Å²) < 4.78 is 8.57. The van der Waals surface area contributed by atoms with E-state index in [-0.39, 0.29) is 0 Å². The first-order valence-corrected chi connectivity index (χ1v) is 10.6. The fourth-order valence-corrected chi connectivity index (χ4v) is 16.5. The second-order valence-electron chi connectivity index (χ2n) is 6.60. The average Bonchev–Trinajstić information content (AvgIpc) is 2.50. The molecule has 1 aliphatic heterocycles. The van der Waals surface area contributed by atoms with Gasteiger partial charge in [0.15, 0.2) is 0 Å². The molecule has 6 heteroatoms. The maximum Gasteiger partial charge on any atom is -0.255 e. The van der Waals surface area contributed by atoms with Gasteiger partial charge >= 0.3 is 86.1 Å². The molecule has 1 fully saturated rings. The van der Waals surface area contributed by atoms with E-state index in [0.29, 0.717) is 7.94 Å². The van der Waals surface area contributed by atoms with Crippen LogP contribution in [0.25, 0.3) is 16.0 Å². The summed E-state index contributed by atoms with van der Waals surface area (Å²) in [6.45, 7) is 16.6. The minimum Gasteiger partial charge on any atom is -0.373 e. The Hall–Kier alpha value is -0.134. The number of rotatable bonds is 0. The predicted molar refractivity (Wildman–Crippen MR) is 71.3 cm³/mol. The van der Waals surface area contributed by atoms with E-state index in [1.807, 2.05) is 0 Å². The van der Waals surface area contributed by atoms with Crippen LogP contribution in [0.1, 0.15) is 41.5 Å². The minimum atomic E-state index is -2.28. The molecule has 0 saturated carbocycles. The number of nitrogens with zero attached hydrogens (tertiary/aromatic N) is 3. The van der Waals surface area contributed by atoms with Crippen molar-refractivity contribution in [3.8, 4) is 0 Å². The van der Waals surface area contributed by atoms with Crippen LogP contribution in [0.15, 0.2) is 0 Å². The van der Waals surface area contributed by atoms with E-state index in [2.05, 4.69) is 49.6 Å². The van der Waals surface area contributed by atoms with Crippen LogP contribution in [-0.2, 0) is 0 Å². The van der Waals surface area contributed by atoms with Crippen molar-refractivity contribution >= 4 is 15.5 Å². The zero-order chi connectivity index (χ0) is 13.0. The van der Waals surface area contributed by atoms with E-state index in [1.165, 1.54) is 18.0 Å². The number of nitrogens with one attached hydrogen (secondary N) is 2. The Bertz CT molecular complexity index is 235. The molecule has 0 radical (unpaired) electrons. The average molecular weight is 284 g/mol. The van der Waals surface area contributed by atoms with Crippen LogP contribution in [0, 0.1) is 0 Å². The summed E-state index contributed by atoms with van der Waals surface area (Å²) in [6, 6.07) is 0. The number of hydrogen-bond acceptors (Lipinski definition) is 2. The smallest absolute Gasteiger partial charge is 0.255 e. The largest absolute Gasteiger partial charge is 0.373 e. The van der Waals surface area contributed by atoms with Gasteiger partial charge in [0.05, 0.1) is 0 Å². The third-order valence-electron chi connectivity index (χ3n) is 3.62. The van der Waals surface area contributed by atoms with Gasteiger partial charge in [-0.05, 0) is 0 Å². The van der Waals surface area contributed by atoms with Gasteiger partial charge in [-0.3, -0.25) is 4.91 Å². The minimum absolute atomic E-state index is 0.441. The number of hydrogen-bond donors (Lipinski definition) is 2. The Morgan fingerprint density at radius 2 is 1.12 bits per heavy atom. The van der Waals surface area contributed by atoms with E-state index in [1.54, 1.807) is 0 Å². The molecule has 0 aliphatic carbocycles. The predicted octanol–water partition coefficient (Wildman–Crippen LogP) is 3.09. The Labute approximate surface area is 102 Å². The second-order valence-corrected chi connectivity index (χ2v) is 19.2. The third-order valence-corrected chi connectivity index (χ3v) is 18.3. The molecule has 16 heavy (non-hydrogen) atoms. The van der Waals surface area contributed by atoms with Gasteiger partial charge in [0, 0.05) is 0 Å². The maximum atomic E-state index is 6.75. The molecule has 1 saturated heterocycles. The standard InChI is InChI=1S/2C4H9.C2H6N2.Ga.N3/c2*1-4(2)3;3-1-2-4;;1-3-2/h2*1-3H3;3-4H,1-2H2;;/q;;-2;+1;-1. The first-order valence-electron chi connectivity index (χ1n) is 5.76. The summed E-state index contributed by atoms with van der Waals surface area (Å²) in [5.74, 6) is 0. The van der Waals surface area contributed by atoms with E-state index in [4.69, 9.17) is 11.1 Å². The molecule has 94 valence electrons. The first kappa shape index (κ1) is 15.9. The van der Waals surface area contributed by atoms with Crippen molar-refractivity contribution in [2.45, 2.75) is 49.5 Å². The van der Waals surface area contributed by atoms with Crippen molar-refractivity contribution in [2.24, 2.45) is 0 Å². The van der Waals surface area contributed by atoms with Crippen LogP contribution in [0.3, 0.4) is 0 Å². The van der Waals surface area contributed by atoms with E-state index in [0.717, 1.165) is 0 Å². The Morgan fingerprint density at radius 1 is 0.875 bits per heavy atom. The quantitative estimate of drug-likeness (QED) is 0.310. The Kier molecular flexibility index (Phi) is 5.42. The summed E-state index contributed by atoms with van der Waals surface area (Å²) in [5, 5.41) is 0. The van der Waals surface area contributed by atoms with Crippen molar-refractivity contribution < 1.29 is 0 Å². The fraction of sp³-hybridized carbons (Fsp3) is 1.00. The molecule has 0 unspecified atom stereocenters. The van der Waals surface area contributed by atoms with Gasteiger partial charge in [-0.25, -0.2) is 0 Å². The van der Waals surface area contributed by atoms with Gasteiger partial charge in [0.25, 0.3) is 0 Å². The molecule has 0 amide bonds. The van der Waals surface area contributed by atoms with Crippen molar-refractivity contribution in [1.29, 1.82) is 0 Å². The normalized spacial score (nSPS) is 19.6. The Morgan fingerprint density at radius 3 is 1.25 bits per heavy atom. The molecule has 1 aliphatic rings. The molecule has 0 spiro atoms. The molecule has 2 N–H and O–H groups in total. The molecular weight excluding hydrogens is 260 g/mol. The summed E-state index contributed by atoms with van der Waals surface area (Å²) in [7, 11) is 0. The van der Waals surface area contributed by atoms with Gasteiger partial charge < -0.3 is 11.1 Å². The van der Waals surface area contributed by atoms with Crippen LogP contribution < -0.4 is 8.05 Å². The van der Waals surface area contributed by atoms with Crippen LogP contribution >= 0.6 is 0 Å². The SMILES string of the molecule is C[C](C)(C)[Ga-]1([C](C)(C)C)[NH]CC[NH]1.[N-]=[N+]=[N-]. The van der Waals surface area contributed by atoms with Crippen molar-refractivity contribution in [3.63, 3.8) is 0 Å². The van der Waals surface area contributed by atoms with Crippen molar-refractivity contribution in [1.82, 2.24) is 8.05 Å². The molecule has 0 aromatic heterocycles. The van der Waals surface area contributed by atoms with Crippen LogP contribution in [0.5, 0.6) is 0 Å². The molecule has 1 rings (SSSR count). The van der Waals surface area contributed by atoms with Gasteiger partial charge in [-0.1, -0.05) is 0 Å². The summed E-state index contributed by atoms with van der Waals surface area (Å²) in [6.07, 6.45) is 0. The topological polar surface area (TPSA) is 82.8 Å². The molecule has 1 heterocycles. The zero-order valence-corrected chi connectivity index (χ0v) is 13.8. The van der Waals surface area contributed by atoms with Crippen LogP contribution in [0.4, 0.5) is 0 Å². The van der Waals surface area contributed by atoms with Crippen LogP contribution in [-0.4, -0.2) is 28.6 Å². The Balaban J connectivity index is 0.000000673. The van der Waals surface area contributed by atoms with Gasteiger partial charge in [-0.15, -0.1) is 0 Å². The first-order chi connectivity index (χ1) is 7.12. The summed E-state index contributed by atoms with van der Waals surface area (Å²) in [4.78, 5) is 1.50. The monoisotopic (exact) mass is 283 g/mol.